The number of amides is 1. The van der Waals surface area contributed by atoms with Crippen molar-refractivity contribution >= 4 is 5.91 Å². The fourth-order valence-electron chi connectivity index (χ4n) is 2.32. The quantitative estimate of drug-likeness (QED) is 0.847. The number of benzene rings is 2. The molecule has 6 heteroatoms. The summed E-state index contributed by atoms with van der Waals surface area (Å²) >= 11 is 0. The zero-order valence-electron chi connectivity index (χ0n) is 13.4. The number of carbonyl (C=O) groups is 1. The first-order valence-corrected chi connectivity index (χ1v) is 7.52. The van der Waals surface area contributed by atoms with Crippen LogP contribution in [0.1, 0.15) is 34.5 Å². The van der Waals surface area contributed by atoms with Crippen molar-refractivity contribution < 1.29 is 23.1 Å². The summed E-state index contributed by atoms with van der Waals surface area (Å²) in [4.78, 5) is 13.5. The van der Waals surface area contributed by atoms with Gasteiger partial charge in [0, 0.05) is 6.54 Å². The second-order valence-electron chi connectivity index (χ2n) is 5.49. The molecule has 0 saturated carbocycles. The van der Waals surface area contributed by atoms with E-state index in [-0.39, 0.29) is 13.1 Å². The third-order valence-corrected chi connectivity index (χ3v) is 3.79. The minimum absolute atomic E-state index is 0.0865. The van der Waals surface area contributed by atoms with Gasteiger partial charge in [-0.2, -0.15) is 0 Å². The Morgan fingerprint density at radius 1 is 1.08 bits per heavy atom. The lowest BCUT2D eigenvalue weighted by molar-refractivity contribution is 0.0629. The Hall–Kier alpha value is -2.34. The van der Waals surface area contributed by atoms with Crippen molar-refractivity contribution in [2.24, 2.45) is 0 Å². The smallest absolute Gasteiger partial charge is 0.257 e. The Labute approximate surface area is 138 Å². The molecular weight excluding hydrogens is 319 g/mol. The van der Waals surface area contributed by atoms with Crippen molar-refractivity contribution in [2.45, 2.75) is 20.0 Å². The average molecular weight is 337 g/mol. The second-order valence-corrected chi connectivity index (χ2v) is 5.49. The number of nitrogens with zero attached hydrogens (tertiary/aromatic N) is 1. The van der Waals surface area contributed by atoms with E-state index in [0.717, 1.165) is 11.6 Å². The van der Waals surface area contributed by atoms with Crippen LogP contribution in [0, 0.1) is 24.4 Å². The lowest BCUT2D eigenvalue weighted by Crippen LogP contribution is -2.35. The highest BCUT2D eigenvalue weighted by Crippen LogP contribution is 2.20. The van der Waals surface area contributed by atoms with Gasteiger partial charge in [-0.3, -0.25) is 4.79 Å². The van der Waals surface area contributed by atoms with E-state index < -0.39 is 35.0 Å². The molecule has 0 spiro atoms. The van der Waals surface area contributed by atoms with Gasteiger partial charge >= 0.3 is 0 Å². The van der Waals surface area contributed by atoms with Gasteiger partial charge in [-0.25, -0.2) is 13.2 Å². The van der Waals surface area contributed by atoms with Crippen LogP contribution >= 0.6 is 0 Å². The number of halogens is 3. The molecule has 0 fully saturated rings. The van der Waals surface area contributed by atoms with Crippen molar-refractivity contribution in [3.63, 3.8) is 0 Å². The fraction of sp³-hybridized carbons (Fsp3) is 0.278. The van der Waals surface area contributed by atoms with Crippen LogP contribution in [-0.2, 0) is 0 Å². The van der Waals surface area contributed by atoms with E-state index in [2.05, 4.69) is 0 Å². The Balaban J connectivity index is 2.20. The molecule has 0 aliphatic heterocycles. The highest BCUT2D eigenvalue weighted by molar-refractivity contribution is 5.94. The van der Waals surface area contributed by atoms with E-state index in [9.17, 15) is 23.1 Å². The van der Waals surface area contributed by atoms with Gasteiger partial charge in [0.15, 0.2) is 17.5 Å². The van der Waals surface area contributed by atoms with Crippen LogP contribution in [-0.4, -0.2) is 29.0 Å². The summed E-state index contributed by atoms with van der Waals surface area (Å²) in [6, 6.07) is 8.72. The highest BCUT2D eigenvalue weighted by atomic mass is 19.2. The normalized spacial score (nSPS) is 12.1. The summed E-state index contributed by atoms with van der Waals surface area (Å²) < 4.78 is 40.1. The first-order chi connectivity index (χ1) is 11.3. The molecule has 0 aromatic heterocycles. The standard InChI is InChI=1S/C18H18F3NO2/c1-3-22(10-15(23)12-6-4-11(2)5-7-12)18(24)13-8-9-14(19)17(21)16(13)20/h4-9,15,23H,3,10H2,1-2H3. The van der Waals surface area contributed by atoms with Crippen LogP contribution in [0.3, 0.4) is 0 Å². The van der Waals surface area contributed by atoms with Crippen molar-refractivity contribution in [3.05, 3.63) is 70.5 Å². The minimum atomic E-state index is -1.68. The van der Waals surface area contributed by atoms with Gasteiger partial charge in [0.25, 0.3) is 5.91 Å². The molecule has 1 atom stereocenters. The molecule has 0 heterocycles. The van der Waals surface area contributed by atoms with Gasteiger partial charge in [0.1, 0.15) is 0 Å². The van der Waals surface area contributed by atoms with Crippen LogP contribution in [0.25, 0.3) is 0 Å². The molecule has 2 rings (SSSR count). The van der Waals surface area contributed by atoms with E-state index in [1.54, 1.807) is 19.1 Å². The molecular formula is C18H18F3NO2. The van der Waals surface area contributed by atoms with Gasteiger partial charge in [-0.05, 0) is 31.5 Å². The van der Waals surface area contributed by atoms with E-state index in [0.29, 0.717) is 11.6 Å². The van der Waals surface area contributed by atoms with Gasteiger partial charge < -0.3 is 10.0 Å². The summed E-state index contributed by atoms with van der Waals surface area (Å²) in [5.74, 6) is -5.37. The van der Waals surface area contributed by atoms with Crippen LogP contribution in [0.5, 0.6) is 0 Å². The van der Waals surface area contributed by atoms with E-state index in [1.165, 1.54) is 4.90 Å². The van der Waals surface area contributed by atoms with E-state index in [1.807, 2.05) is 19.1 Å². The Morgan fingerprint density at radius 2 is 1.71 bits per heavy atom. The molecule has 3 nitrogen and oxygen atoms in total. The summed E-state index contributed by atoms with van der Waals surface area (Å²) in [5.41, 5.74) is 1.07. The average Bonchev–Trinajstić information content (AvgIpc) is 2.57. The molecule has 0 saturated heterocycles. The summed E-state index contributed by atoms with van der Waals surface area (Å²) in [6.07, 6.45) is -0.970. The molecule has 1 amide bonds. The molecule has 0 bridgehead atoms. The van der Waals surface area contributed by atoms with Crippen molar-refractivity contribution in [1.82, 2.24) is 4.90 Å². The van der Waals surface area contributed by atoms with Crippen molar-refractivity contribution in [2.75, 3.05) is 13.1 Å². The highest BCUT2D eigenvalue weighted by Gasteiger charge is 2.24. The third-order valence-electron chi connectivity index (χ3n) is 3.79. The topological polar surface area (TPSA) is 40.5 Å². The maximum atomic E-state index is 13.8. The first kappa shape index (κ1) is 18.0. The number of hydrogen-bond acceptors (Lipinski definition) is 2. The van der Waals surface area contributed by atoms with Crippen LogP contribution in [0.15, 0.2) is 36.4 Å². The Bertz CT molecular complexity index is 732. The van der Waals surface area contributed by atoms with Crippen molar-refractivity contribution in [1.29, 1.82) is 0 Å². The predicted octanol–water partition coefficient (Wildman–Crippen LogP) is 3.61. The second kappa shape index (κ2) is 7.49. The maximum absolute atomic E-state index is 13.8. The number of aryl methyl sites for hydroxylation is 1. The molecule has 0 aliphatic carbocycles. The molecule has 0 radical (unpaired) electrons. The molecule has 1 N–H and O–H groups in total. The first-order valence-electron chi connectivity index (χ1n) is 7.52. The maximum Gasteiger partial charge on any atom is 0.257 e. The van der Waals surface area contributed by atoms with Gasteiger partial charge in [-0.1, -0.05) is 29.8 Å². The van der Waals surface area contributed by atoms with E-state index in [4.69, 9.17) is 0 Å². The third kappa shape index (κ3) is 3.76. The summed E-state index contributed by atoms with van der Waals surface area (Å²) in [5, 5.41) is 10.3. The molecule has 0 aliphatic rings. The van der Waals surface area contributed by atoms with E-state index >= 15 is 0 Å². The van der Waals surface area contributed by atoms with Crippen LogP contribution in [0.2, 0.25) is 0 Å². The molecule has 2 aromatic carbocycles. The van der Waals surface area contributed by atoms with Crippen LogP contribution < -0.4 is 0 Å². The Morgan fingerprint density at radius 3 is 2.29 bits per heavy atom. The van der Waals surface area contributed by atoms with Crippen LogP contribution in [0.4, 0.5) is 13.2 Å². The SMILES string of the molecule is CCN(CC(O)c1ccc(C)cc1)C(=O)c1ccc(F)c(F)c1F. The number of hydrogen-bond donors (Lipinski definition) is 1. The minimum Gasteiger partial charge on any atom is -0.387 e. The number of aliphatic hydroxyl groups is 1. The summed E-state index contributed by atoms with van der Waals surface area (Å²) in [6.45, 7) is 3.65. The number of aliphatic hydroxyl groups excluding tert-OH is 1. The number of likely N-dealkylation sites (N-methyl/N-ethyl adjacent to an activating group) is 1. The van der Waals surface area contributed by atoms with Crippen molar-refractivity contribution in [3.8, 4) is 0 Å². The molecule has 2 aromatic rings. The monoisotopic (exact) mass is 337 g/mol. The molecule has 128 valence electrons. The predicted molar refractivity (Wildman–Crippen MR) is 84.0 cm³/mol. The fourth-order valence-corrected chi connectivity index (χ4v) is 2.32. The zero-order chi connectivity index (χ0) is 17.9. The van der Waals surface area contributed by atoms with Gasteiger partial charge in [0.05, 0.1) is 18.2 Å². The summed E-state index contributed by atoms with van der Waals surface area (Å²) in [7, 11) is 0. The Kier molecular flexibility index (Phi) is 5.62. The number of rotatable bonds is 5. The van der Waals surface area contributed by atoms with Gasteiger partial charge in [-0.15, -0.1) is 0 Å². The lowest BCUT2D eigenvalue weighted by atomic mass is 10.1. The number of carbonyl (C=O) groups excluding carboxylic acids is 1. The largest absolute Gasteiger partial charge is 0.387 e. The van der Waals surface area contributed by atoms with Gasteiger partial charge in [0.2, 0.25) is 0 Å². The zero-order valence-corrected chi connectivity index (χ0v) is 13.4. The molecule has 24 heavy (non-hydrogen) atoms. The lowest BCUT2D eigenvalue weighted by Gasteiger charge is -2.24. The molecule has 1 unspecified atom stereocenters.